The molecule has 132 valence electrons. The second-order valence-corrected chi connectivity index (χ2v) is 6.92. The van der Waals surface area contributed by atoms with Gasteiger partial charge in [-0.3, -0.25) is 4.90 Å². The normalized spacial score (nSPS) is 17.5. The minimum absolute atomic E-state index is 0.367. The summed E-state index contributed by atoms with van der Waals surface area (Å²) in [6.45, 7) is 3.68. The first kappa shape index (κ1) is 17.0. The van der Waals surface area contributed by atoms with E-state index in [1.165, 1.54) is 16.7 Å². The molecule has 1 aliphatic rings. The lowest BCUT2D eigenvalue weighted by Crippen LogP contribution is -2.32. The van der Waals surface area contributed by atoms with Gasteiger partial charge in [-0.1, -0.05) is 91.0 Å². The molecule has 0 aliphatic carbocycles. The molecule has 26 heavy (non-hydrogen) atoms. The van der Waals surface area contributed by atoms with Crippen LogP contribution in [0.3, 0.4) is 0 Å². The van der Waals surface area contributed by atoms with E-state index in [1.54, 1.807) is 0 Å². The molecule has 1 heterocycles. The van der Waals surface area contributed by atoms with Crippen molar-refractivity contribution < 1.29 is 4.74 Å². The summed E-state index contributed by atoms with van der Waals surface area (Å²) in [5, 5.41) is 0. The molecule has 2 heteroatoms. The van der Waals surface area contributed by atoms with Crippen molar-refractivity contribution in [1.82, 2.24) is 4.90 Å². The van der Waals surface area contributed by atoms with Gasteiger partial charge < -0.3 is 4.74 Å². The minimum Gasteiger partial charge on any atom is -0.364 e. The smallest absolute Gasteiger partial charge is 0.119 e. The van der Waals surface area contributed by atoms with Crippen molar-refractivity contribution >= 4 is 0 Å². The van der Waals surface area contributed by atoms with Crippen LogP contribution in [0.15, 0.2) is 91.0 Å². The molecule has 1 fully saturated rings. The highest BCUT2D eigenvalue weighted by atomic mass is 16.5. The van der Waals surface area contributed by atoms with Crippen LogP contribution in [0, 0.1) is 0 Å². The molecule has 1 saturated heterocycles. The number of rotatable bonds is 4. The van der Waals surface area contributed by atoms with E-state index in [-0.39, 0.29) is 5.60 Å². The van der Waals surface area contributed by atoms with Crippen LogP contribution in [-0.4, -0.2) is 24.6 Å². The summed E-state index contributed by atoms with van der Waals surface area (Å²) in [7, 11) is 0. The van der Waals surface area contributed by atoms with Crippen LogP contribution < -0.4 is 0 Å². The van der Waals surface area contributed by atoms with Crippen LogP contribution in [0.25, 0.3) is 0 Å². The fourth-order valence-electron chi connectivity index (χ4n) is 3.89. The SMILES string of the molecule is c1ccc(CN2CCOC(c3ccccc3)(c3ccccc3)CC2)cc1. The Morgan fingerprint density at radius 1 is 0.692 bits per heavy atom. The molecular formula is C24H25NO. The molecule has 0 spiro atoms. The van der Waals surface area contributed by atoms with Crippen molar-refractivity contribution in [1.29, 1.82) is 0 Å². The van der Waals surface area contributed by atoms with Crippen molar-refractivity contribution in [3.63, 3.8) is 0 Å². The molecule has 0 amide bonds. The third-order valence-electron chi connectivity index (χ3n) is 5.27. The monoisotopic (exact) mass is 343 g/mol. The van der Waals surface area contributed by atoms with E-state index in [2.05, 4.69) is 95.9 Å². The summed E-state index contributed by atoms with van der Waals surface area (Å²) in [5.41, 5.74) is 3.48. The number of hydrogen-bond acceptors (Lipinski definition) is 2. The Labute approximate surface area is 156 Å². The van der Waals surface area contributed by atoms with E-state index in [9.17, 15) is 0 Å². The Balaban J connectivity index is 1.62. The fraction of sp³-hybridized carbons (Fsp3) is 0.250. The van der Waals surface area contributed by atoms with E-state index in [0.717, 1.165) is 32.7 Å². The molecule has 0 radical (unpaired) electrons. The van der Waals surface area contributed by atoms with E-state index in [1.807, 2.05) is 0 Å². The number of ether oxygens (including phenoxy) is 1. The molecule has 0 saturated carbocycles. The first-order chi connectivity index (χ1) is 12.9. The zero-order valence-electron chi connectivity index (χ0n) is 15.1. The minimum atomic E-state index is -0.367. The van der Waals surface area contributed by atoms with Crippen LogP contribution in [0.2, 0.25) is 0 Å². The molecule has 0 unspecified atom stereocenters. The number of nitrogens with zero attached hydrogens (tertiary/aromatic N) is 1. The standard InChI is InChI=1S/C24H25NO/c1-4-10-21(11-5-1)20-25-17-16-24(26-19-18-25,22-12-6-2-7-13-22)23-14-8-3-9-15-23/h1-15H,16-20H2. The Kier molecular flexibility index (Phi) is 5.14. The predicted octanol–water partition coefficient (Wildman–Crippen LogP) is 4.85. The van der Waals surface area contributed by atoms with Crippen molar-refractivity contribution in [2.45, 2.75) is 18.6 Å². The van der Waals surface area contributed by atoms with Gasteiger partial charge in [0.25, 0.3) is 0 Å². The lowest BCUT2D eigenvalue weighted by molar-refractivity contribution is -0.0101. The van der Waals surface area contributed by atoms with Crippen molar-refractivity contribution in [2.75, 3.05) is 19.7 Å². The van der Waals surface area contributed by atoms with Crippen molar-refractivity contribution in [2.24, 2.45) is 0 Å². The number of benzene rings is 3. The van der Waals surface area contributed by atoms with Crippen LogP contribution in [0.4, 0.5) is 0 Å². The largest absolute Gasteiger partial charge is 0.364 e. The Hall–Kier alpha value is -2.42. The average molecular weight is 343 g/mol. The summed E-state index contributed by atoms with van der Waals surface area (Å²) in [6.07, 6.45) is 0.952. The highest BCUT2D eigenvalue weighted by Gasteiger charge is 2.37. The molecule has 3 aromatic rings. The van der Waals surface area contributed by atoms with Crippen LogP contribution in [0.5, 0.6) is 0 Å². The molecule has 4 rings (SSSR count). The first-order valence-electron chi connectivity index (χ1n) is 9.38. The van der Waals surface area contributed by atoms with Crippen LogP contribution >= 0.6 is 0 Å². The van der Waals surface area contributed by atoms with Gasteiger partial charge in [-0.2, -0.15) is 0 Å². The van der Waals surface area contributed by atoms with Gasteiger partial charge in [-0.05, 0) is 23.1 Å². The zero-order valence-corrected chi connectivity index (χ0v) is 15.1. The van der Waals surface area contributed by atoms with Gasteiger partial charge in [-0.25, -0.2) is 0 Å². The van der Waals surface area contributed by atoms with Gasteiger partial charge in [0.1, 0.15) is 5.60 Å². The second-order valence-electron chi connectivity index (χ2n) is 6.92. The maximum atomic E-state index is 6.59. The molecule has 0 aromatic heterocycles. The van der Waals surface area contributed by atoms with Crippen molar-refractivity contribution in [3.8, 4) is 0 Å². The van der Waals surface area contributed by atoms with Gasteiger partial charge in [0.15, 0.2) is 0 Å². The lowest BCUT2D eigenvalue weighted by Gasteiger charge is -2.34. The van der Waals surface area contributed by atoms with Crippen LogP contribution in [0.1, 0.15) is 23.1 Å². The predicted molar refractivity (Wildman–Crippen MR) is 106 cm³/mol. The summed E-state index contributed by atoms with van der Waals surface area (Å²) in [4.78, 5) is 2.50. The third kappa shape index (κ3) is 3.57. The second kappa shape index (κ2) is 7.86. The Morgan fingerprint density at radius 2 is 1.23 bits per heavy atom. The van der Waals surface area contributed by atoms with Gasteiger partial charge in [0, 0.05) is 19.6 Å². The molecular weight excluding hydrogens is 318 g/mol. The molecule has 1 aliphatic heterocycles. The molecule has 0 atom stereocenters. The summed E-state index contributed by atoms with van der Waals surface area (Å²) < 4.78 is 6.59. The van der Waals surface area contributed by atoms with Gasteiger partial charge >= 0.3 is 0 Å². The first-order valence-corrected chi connectivity index (χ1v) is 9.38. The van der Waals surface area contributed by atoms with Crippen molar-refractivity contribution in [3.05, 3.63) is 108 Å². The highest BCUT2D eigenvalue weighted by molar-refractivity contribution is 5.36. The Morgan fingerprint density at radius 3 is 1.81 bits per heavy atom. The molecule has 3 aromatic carbocycles. The zero-order chi connectivity index (χ0) is 17.7. The highest BCUT2D eigenvalue weighted by Crippen LogP contribution is 2.38. The molecule has 0 N–H and O–H groups in total. The molecule has 0 bridgehead atoms. The average Bonchev–Trinajstić information content (AvgIpc) is 2.94. The van der Waals surface area contributed by atoms with Gasteiger partial charge in [-0.15, -0.1) is 0 Å². The van der Waals surface area contributed by atoms with Gasteiger partial charge in [0.05, 0.1) is 6.61 Å². The van der Waals surface area contributed by atoms with Crippen LogP contribution in [-0.2, 0) is 16.9 Å². The van der Waals surface area contributed by atoms with E-state index in [0.29, 0.717) is 0 Å². The number of hydrogen-bond donors (Lipinski definition) is 0. The maximum absolute atomic E-state index is 6.59. The quantitative estimate of drug-likeness (QED) is 0.671. The van der Waals surface area contributed by atoms with E-state index < -0.39 is 0 Å². The van der Waals surface area contributed by atoms with Gasteiger partial charge in [0.2, 0.25) is 0 Å². The maximum Gasteiger partial charge on any atom is 0.119 e. The summed E-state index contributed by atoms with van der Waals surface area (Å²) >= 11 is 0. The fourth-order valence-corrected chi connectivity index (χ4v) is 3.89. The molecule has 2 nitrogen and oxygen atoms in total. The Bertz CT molecular complexity index is 762. The lowest BCUT2D eigenvalue weighted by atomic mass is 9.83. The third-order valence-corrected chi connectivity index (χ3v) is 5.27. The topological polar surface area (TPSA) is 12.5 Å². The van der Waals surface area contributed by atoms with E-state index in [4.69, 9.17) is 4.74 Å². The van der Waals surface area contributed by atoms with E-state index >= 15 is 0 Å². The summed E-state index contributed by atoms with van der Waals surface area (Å²) in [5.74, 6) is 0. The summed E-state index contributed by atoms with van der Waals surface area (Å²) in [6, 6.07) is 32.0.